The van der Waals surface area contributed by atoms with E-state index in [2.05, 4.69) is 27.7 Å². The van der Waals surface area contributed by atoms with E-state index in [9.17, 15) is 4.79 Å². The van der Waals surface area contributed by atoms with Crippen LogP contribution in [0, 0.1) is 11.8 Å². The minimum Gasteiger partial charge on any atom is -0.462 e. The lowest BCUT2D eigenvalue weighted by atomic mass is 9.99. The molecule has 0 aliphatic rings. The van der Waals surface area contributed by atoms with Crippen LogP contribution in [0.5, 0.6) is 0 Å². The Morgan fingerprint density at radius 3 is 2.20 bits per heavy atom. The van der Waals surface area contributed by atoms with Gasteiger partial charge in [-0.3, -0.25) is 4.79 Å². The molecular formula is C13H26O2. The summed E-state index contributed by atoms with van der Waals surface area (Å²) in [7, 11) is 0. The Bertz CT molecular complexity index is 175. The van der Waals surface area contributed by atoms with Crippen LogP contribution >= 0.6 is 0 Å². The summed E-state index contributed by atoms with van der Waals surface area (Å²) in [6, 6.07) is 0. The normalized spacial score (nSPS) is 15.1. The summed E-state index contributed by atoms with van der Waals surface area (Å²) < 4.78 is 5.42. The van der Waals surface area contributed by atoms with E-state index >= 15 is 0 Å². The molecule has 2 atom stereocenters. The van der Waals surface area contributed by atoms with Crippen molar-refractivity contribution in [3.05, 3.63) is 0 Å². The third kappa shape index (κ3) is 5.81. The highest BCUT2D eigenvalue weighted by Gasteiger charge is 2.20. The molecule has 90 valence electrons. The molecule has 0 aliphatic carbocycles. The Labute approximate surface area is 94.4 Å². The van der Waals surface area contributed by atoms with Gasteiger partial charge in [0.25, 0.3) is 0 Å². The maximum absolute atomic E-state index is 11.8. The van der Waals surface area contributed by atoms with Gasteiger partial charge in [0.15, 0.2) is 0 Å². The van der Waals surface area contributed by atoms with Crippen molar-refractivity contribution in [3.63, 3.8) is 0 Å². The Morgan fingerprint density at radius 2 is 1.80 bits per heavy atom. The van der Waals surface area contributed by atoms with Crippen molar-refractivity contribution in [2.75, 3.05) is 0 Å². The van der Waals surface area contributed by atoms with E-state index in [0.717, 1.165) is 25.7 Å². The smallest absolute Gasteiger partial charge is 0.309 e. The summed E-state index contributed by atoms with van der Waals surface area (Å²) in [6.45, 7) is 10.3. The summed E-state index contributed by atoms with van der Waals surface area (Å²) in [5.41, 5.74) is 0. The molecule has 0 bridgehead atoms. The Balaban J connectivity index is 4.03. The van der Waals surface area contributed by atoms with Crippen molar-refractivity contribution in [1.82, 2.24) is 0 Å². The number of hydrogen-bond acceptors (Lipinski definition) is 2. The highest BCUT2D eigenvalue weighted by atomic mass is 16.5. The van der Waals surface area contributed by atoms with Crippen molar-refractivity contribution >= 4 is 5.97 Å². The van der Waals surface area contributed by atoms with Crippen LogP contribution in [0.1, 0.15) is 60.3 Å². The third-order valence-corrected chi connectivity index (χ3v) is 2.97. The van der Waals surface area contributed by atoms with Crippen LogP contribution in [0.25, 0.3) is 0 Å². The van der Waals surface area contributed by atoms with Gasteiger partial charge in [0.2, 0.25) is 0 Å². The van der Waals surface area contributed by atoms with Crippen molar-refractivity contribution in [2.45, 2.75) is 66.4 Å². The standard InChI is InChI=1S/C13H26O2/c1-6-8-9-12(7-2)13(14)15-11(5)10(3)4/h10-12H,6-9H2,1-5H3. The highest BCUT2D eigenvalue weighted by Crippen LogP contribution is 2.17. The van der Waals surface area contributed by atoms with Crippen LogP contribution in [0.4, 0.5) is 0 Å². The number of hydrogen-bond donors (Lipinski definition) is 0. The second-order valence-electron chi connectivity index (χ2n) is 4.63. The van der Waals surface area contributed by atoms with Crippen molar-refractivity contribution in [2.24, 2.45) is 11.8 Å². The molecule has 0 fully saturated rings. The summed E-state index contributed by atoms with van der Waals surface area (Å²) in [6.07, 6.45) is 4.15. The van der Waals surface area contributed by atoms with Crippen LogP contribution in [0.15, 0.2) is 0 Å². The van der Waals surface area contributed by atoms with E-state index in [1.165, 1.54) is 0 Å². The Hall–Kier alpha value is -0.530. The minimum absolute atomic E-state index is 0.00727. The zero-order valence-corrected chi connectivity index (χ0v) is 10.9. The van der Waals surface area contributed by atoms with E-state index < -0.39 is 0 Å². The molecule has 0 rings (SSSR count). The van der Waals surface area contributed by atoms with E-state index in [-0.39, 0.29) is 18.0 Å². The number of carbonyl (C=O) groups excluding carboxylic acids is 1. The first-order valence-corrected chi connectivity index (χ1v) is 6.23. The van der Waals surface area contributed by atoms with Crippen molar-refractivity contribution in [3.8, 4) is 0 Å². The van der Waals surface area contributed by atoms with E-state index in [1.54, 1.807) is 0 Å². The average Bonchev–Trinajstić information content (AvgIpc) is 2.18. The van der Waals surface area contributed by atoms with Gasteiger partial charge >= 0.3 is 5.97 Å². The second kappa shape index (κ2) is 7.72. The molecule has 0 aliphatic heterocycles. The predicted octanol–water partition coefficient (Wildman–Crippen LogP) is 3.79. The number of ether oxygens (including phenoxy) is 1. The molecule has 2 unspecified atom stereocenters. The quantitative estimate of drug-likeness (QED) is 0.603. The summed E-state index contributed by atoms with van der Waals surface area (Å²) in [5.74, 6) is 0.496. The number of rotatable bonds is 7. The molecular weight excluding hydrogens is 188 g/mol. The largest absolute Gasteiger partial charge is 0.462 e. The van der Waals surface area contributed by atoms with Crippen LogP contribution < -0.4 is 0 Å². The van der Waals surface area contributed by atoms with Gasteiger partial charge in [0.05, 0.1) is 5.92 Å². The van der Waals surface area contributed by atoms with E-state index in [1.807, 2.05) is 6.92 Å². The molecule has 0 aromatic carbocycles. The highest BCUT2D eigenvalue weighted by molar-refractivity contribution is 5.72. The molecule has 0 radical (unpaired) electrons. The number of esters is 1. The molecule has 2 heteroatoms. The molecule has 0 heterocycles. The molecule has 15 heavy (non-hydrogen) atoms. The first-order valence-electron chi connectivity index (χ1n) is 6.23. The molecule has 0 N–H and O–H groups in total. The predicted molar refractivity (Wildman–Crippen MR) is 63.7 cm³/mol. The van der Waals surface area contributed by atoms with Gasteiger partial charge in [0.1, 0.15) is 6.10 Å². The van der Waals surface area contributed by atoms with Gasteiger partial charge < -0.3 is 4.74 Å². The lowest BCUT2D eigenvalue weighted by molar-refractivity contribution is -0.155. The molecule has 0 aromatic heterocycles. The van der Waals surface area contributed by atoms with Gasteiger partial charge in [-0.05, 0) is 25.7 Å². The Kier molecular flexibility index (Phi) is 7.45. The summed E-state index contributed by atoms with van der Waals surface area (Å²) in [4.78, 5) is 11.8. The third-order valence-electron chi connectivity index (χ3n) is 2.97. The monoisotopic (exact) mass is 214 g/mol. The fraction of sp³-hybridized carbons (Fsp3) is 0.923. The number of carbonyl (C=O) groups is 1. The first-order chi connectivity index (χ1) is 7.02. The maximum Gasteiger partial charge on any atom is 0.309 e. The van der Waals surface area contributed by atoms with E-state index in [0.29, 0.717) is 5.92 Å². The maximum atomic E-state index is 11.8. The molecule has 2 nitrogen and oxygen atoms in total. The van der Waals surface area contributed by atoms with Crippen LogP contribution in [0.3, 0.4) is 0 Å². The zero-order chi connectivity index (χ0) is 11.8. The minimum atomic E-state index is -0.00727. The summed E-state index contributed by atoms with van der Waals surface area (Å²) >= 11 is 0. The fourth-order valence-corrected chi connectivity index (χ4v) is 1.35. The van der Waals surface area contributed by atoms with E-state index in [4.69, 9.17) is 4.74 Å². The average molecular weight is 214 g/mol. The summed E-state index contributed by atoms with van der Waals surface area (Å²) in [5, 5.41) is 0. The lowest BCUT2D eigenvalue weighted by Crippen LogP contribution is -2.25. The zero-order valence-electron chi connectivity index (χ0n) is 10.9. The fourth-order valence-electron chi connectivity index (χ4n) is 1.35. The Morgan fingerprint density at radius 1 is 1.20 bits per heavy atom. The van der Waals surface area contributed by atoms with Crippen LogP contribution in [0.2, 0.25) is 0 Å². The van der Waals surface area contributed by atoms with Gasteiger partial charge in [-0.15, -0.1) is 0 Å². The first kappa shape index (κ1) is 14.5. The van der Waals surface area contributed by atoms with Gasteiger partial charge in [-0.2, -0.15) is 0 Å². The lowest BCUT2D eigenvalue weighted by Gasteiger charge is -2.20. The van der Waals surface area contributed by atoms with Gasteiger partial charge in [0, 0.05) is 0 Å². The van der Waals surface area contributed by atoms with Gasteiger partial charge in [-0.1, -0.05) is 40.5 Å². The number of unbranched alkanes of at least 4 members (excludes halogenated alkanes) is 1. The SMILES string of the molecule is CCCCC(CC)C(=O)OC(C)C(C)C. The second-order valence-corrected chi connectivity index (χ2v) is 4.63. The van der Waals surface area contributed by atoms with Crippen LogP contribution in [-0.4, -0.2) is 12.1 Å². The van der Waals surface area contributed by atoms with Gasteiger partial charge in [-0.25, -0.2) is 0 Å². The molecule has 0 saturated heterocycles. The van der Waals surface area contributed by atoms with Crippen molar-refractivity contribution < 1.29 is 9.53 Å². The topological polar surface area (TPSA) is 26.3 Å². The molecule has 0 aromatic rings. The molecule has 0 amide bonds. The molecule has 0 spiro atoms. The van der Waals surface area contributed by atoms with Crippen LogP contribution in [-0.2, 0) is 9.53 Å². The molecule has 0 saturated carbocycles. The van der Waals surface area contributed by atoms with Crippen molar-refractivity contribution in [1.29, 1.82) is 0 Å².